The predicted octanol–water partition coefficient (Wildman–Crippen LogP) is 17.5. The minimum Gasteiger partial charge on any atom is -0.756 e. The number of rotatable bonds is 55. The van der Waals surface area contributed by atoms with Gasteiger partial charge in [0, 0.05) is 6.42 Å². The molecule has 0 bridgehead atoms. The zero-order chi connectivity index (χ0) is 50.6. The van der Waals surface area contributed by atoms with E-state index in [1.54, 1.807) is 6.08 Å². The second-order valence-corrected chi connectivity index (χ2v) is 23.1. The van der Waals surface area contributed by atoms with Crippen molar-refractivity contribution in [1.29, 1.82) is 0 Å². The Balaban J connectivity index is 4.07. The maximum absolute atomic E-state index is 13.0. The van der Waals surface area contributed by atoms with Crippen LogP contribution in [0, 0.1) is 0 Å². The number of aliphatic hydroxyl groups is 1. The minimum absolute atomic E-state index is 0.00748. The third-order valence-corrected chi connectivity index (χ3v) is 14.5. The number of allylic oxidation sites excluding steroid dienone is 5. The Labute approximate surface area is 429 Å². The number of hydrogen-bond donors (Lipinski definition) is 2. The van der Waals surface area contributed by atoms with Gasteiger partial charge in [0.1, 0.15) is 13.2 Å². The van der Waals surface area contributed by atoms with Crippen LogP contribution < -0.4 is 10.2 Å². The Bertz CT molecular complexity index is 1220. The van der Waals surface area contributed by atoms with E-state index in [1.165, 1.54) is 225 Å². The summed E-state index contributed by atoms with van der Waals surface area (Å²) in [6, 6.07) is -0.907. The quantitative estimate of drug-likeness (QED) is 0.0272. The Kier molecular flexibility index (Phi) is 50.7. The largest absolute Gasteiger partial charge is 0.756 e. The van der Waals surface area contributed by atoms with E-state index < -0.39 is 26.6 Å². The first-order chi connectivity index (χ1) is 33.5. The molecule has 2 N–H and O–H groups in total. The van der Waals surface area contributed by atoms with Crippen LogP contribution in [0.1, 0.15) is 290 Å². The highest BCUT2D eigenvalue weighted by atomic mass is 31.2. The van der Waals surface area contributed by atoms with Gasteiger partial charge in [0.05, 0.1) is 39.9 Å². The number of carbonyl (C=O) groups is 1. The van der Waals surface area contributed by atoms with Crippen molar-refractivity contribution in [3.8, 4) is 0 Å². The fraction of sp³-hybridized carbons (Fsp3) is 0.883. The van der Waals surface area contributed by atoms with Gasteiger partial charge in [-0.3, -0.25) is 9.36 Å². The number of carbonyl (C=O) groups excluding carboxylic acids is 1. The van der Waals surface area contributed by atoms with E-state index in [0.29, 0.717) is 17.4 Å². The van der Waals surface area contributed by atoms with Crippen LogP contribution in [0.25, 0.3) is 0 Å². The lowest BCUT2D eigenvalue weighted by atomic mass is 10.0. The van der Waals surface area contributed by atoms with E-state index >= 15 is 0 Å². The summed E-state index contributed by atoms with van der Waals surface area (Å²) >= 11 is 0. The van der Waals surface area contributed by atoms with E-state index in [-0.39, 0.29) is 12.5 Å². The van der Waals surface area contributed by atoms with Gasteiger partial charge in [0.25, 0.3) is 7.82 Å². The van der Waals surface area contributed by atoms with Crippen molar-refractivity contribution in [1.82, 2.24) is 5.32 Å². The molecule has 0 aliphatic heterocycles. The molecule has 0 rings (SSSR count). The number of quaternary nitrogens is 1. The second-order valence-electron chi connectivity index (χ2n) is 21.7. The van der Waals surface area contributed by atoms with Gasteiger partial charge in [-0.05, 0) is 44.9 Å². The summed E-state index contributed by atoms with van der Waals surface area (Å²) in [6.07, 6.45) is 66.7. The molecular formula is C60H117N2O6P. The molecular weight excluding hydrogens is 876 g/mol. The Morgan fingerprint density at radius 3 is 1.17 bits per heavy atom. The van der Waals surface area contributed by atoms with Crippen molar-refractivity contribution >= 4 is 13.7 Å². The number of nitrogens with one attached hydrogen (secondary N) is 1. The van der Waals surface area contributed by atoms with Crippen molar-refractivity contribution in [3.05, 3.63) is 36.5 Å². The monoisotopic (exact) mass is 993 g/mol. The molecule has 9 heteroatoms. The fourth-order valence-electron chi connectivity index (χ4n) is 8.89. The summed E-state index contributed by atoms with van der Waals surface area (Å²) in [4.78, 5) is 25.5. The first-order valence-electron chi connectivity index (χ1n) is 29.9. The van der Waals surface area contributed by atoms with Crippen LogP contribution in [0.15, 0.2) is 36.5 Å². The first-order valence-corrected chi connectivity index (χ1v) is 31.3. The van der Waals surface area contributed by atoms with Gasteiger partial charge in [-0.15, -0.1) is 0 Å². The van der Waals surface area contributed by atoms with E-state index in [0.717, 1.165) is 44.9 Å². The third kappa shape index (κ3) is 54.3. The zero-order valence-corrected chi connectivity index (χ0v) is 47.4. The highest BCUT2D eigenvalue weighted by Gasteiger charge is 2.23. The maximum Gasteiger partial charge on any atom is 0.268 e. The van der Waals surface area contributed by atoms with Gasteiger partial charge < -0.3 is 28.8 Å². The molecule has 0 aromatic rings. The lowest BCUT2D eigenvalue weighted by Crippen LogP contribution is -2.45. The van der Waals surface area contributed by atoms with Crippen molar-refractivity contribution in [2.24, 2.45) is 0 Å². The summed E-state index contributed by atoms with van der Waals surface area (Å²) in [5.41, 5.74) is 0. The summed E-state index contributed by atoms with van der Waals surface area (Å²) < 4.78 is 23.3. The van der Waals surface area contributed by atoms with E-state index in [9.17, 15) is 19.4 Å². The van der Waals surface area contributed by atoms with Gasteiger partial charge in [-0.25, -0.2) is 0 Å². The number of amides is 1. The number of phosphoric ester groups is 1. The average Bonchev–Trinajstić information content (AvgIpc) is 3.31. The third-order valence-electron chi connectivity index (χ3n) is 13.6. The molecule has 0 aromatic carbocycles. The molecule has 3 unspecified atom stereocenters. The van der Waals surface area contributed by atoms with Crippen LogP contribution in [0.4, 0.5) is 0 Å². The lowest BCUT2D eigenvalue weighted by molar-refractivity contribution is -0.870. The standard InChI is InChI=1S/C60H117N2O6P/c1-6-8-10-12-14-16-18-20-22-24-25-26-27-28-29-30-31-32-33-34-35-36-37-38-40-42-44-46-48-50-52-54-60(64)61-58(57-68-69(65,66)67-56-55-62(3,4)5)59(63)53-51-49-47-45-43-41-39-23-21-19-17-15-13-11-9-7-2/h21,23,43,45,51,53,58-59,63H,6-20,22,24-42,44,46-50,52,54-57H2,1-5H3,(H-,61,64,65,66)/b23-21+,45-43+,53-51+. The van der Waals surface area contributed by atoms with Crippen LogP contribution in [0.2, 0.25) is 0 Å². The smallest absolute Gasteiger partial charge is 0.268 e. The first kappa shape index (κ1) is 67.7. The van der Waals surface area contributed by atoms with Gasteiger partial charge in [0.15, 0.2) is 0 Å². The molecule has 0 saturated heterocycles. The Morgan fingerprint density at radius 1 is 0.493 bits per heavy atom. The molecule has 0 heterocycles. The molecule has 8 nitrogen and oxygen atoms in total. The topological polar surface area (TPSA) is 108 Å². The molecule has 3 atom stereocenters. The molecule has 0 saturated carbocycles. The summed E-state index contributed by atoms with van der Waals surface area (Å²) in [5, 5.41) is 13.8. The highest BCUT2D eigenvalue weighted by Crippen LogP contribution is 2.38. The highest BCUT2D eigenvalue weighted by molar-refractivity contribution is 7.45. The SMILES string of the molecule is CCCCCCCC/C=C/CC/C=C/CC/C=C/C(O)C(COP(=O)([O-])OCC[N+](C)(C)C)NC(=O)CCCCCCCCCCCCCCCCCCCCCCCCCCCCCCCCC. The molecule has 1 amide bonds. The number of aliphatic hydroxyl groups excluding tert-OH is 1. The molecule has 0 spiro atoms. The van der Waals surface area contributed by atoms with Crippen LogP contribution in [0.3, 0.4) is 0 Å². The van der Waals surface area contributed by atoms with Crippen molar-refractivity contribution in [2.45, 2.75) is 302 Å². The molecule has 408 valence electrons. The predicted molar refractivity (Wildman–Crippen MR) is 298 cm³/mol. The average molecular weight is 994 g/mol. The van der Waals surface area contributed by atoms with Crippen LogP contribution in [-0.4, -0.2) is 68.5 Å². The van der Waals surface area contributed by atoms with Crippen molar-refractivity contribution < 1.29 is 32.9 Å². The maximum atomic E-state index is 13.0. The van der Waals surface area contributed by atoms with E-state index in [1.807, 2.05) is 27.2 Å². The normalized spacial score (nSPS) is 14.1. The molecule has 0 radical (unpaired) electrons. The molecule has 69 heavy (non-hydrogen) atoms. The summed E-state index contributed by atoms with van der Waals surface area (Å²) in [6.45, 7) is 4.64. The zero-order valence-electron chi connectivity index (χ0n) is 46.5. The number of likely N-dealkylation sites (N-methyl/N-ethyl adjacent to an activating group) is 1. The van der Waals surface area contributed by atoms with Crippen molar-refractivity contribution in [3.63, 3.8) is 0 Å². The molecule has 0 aliphatic carbocycles. The Morgan fingerprint density at radius 2 is 0.812 bits per heavy atom. The number of hydrogen-bond acceptors (Lipinski definition) is 6. The summed E-state index contributed by atoms with van der Waals surface area (Å²) in [5.74, 6) is -0.206. The number of phosphoric acid groups is 1. The number of unbranched alkanes of at least 4 members (excludes halogenated alkanes) is 38. The fourth-order valence-corrected chi connectivity index (χ4v) is 9.62. The molecule has 0 fully saturated rings. The van der Waals surface area contributed by atoms with E-state index in [4.69, 9.17) is 9.05 Å². The van der Waals surface area contributed by atoms with Gasteiger partial charge in [-0.2, -0.15) is 0 Å². The molecule has 0 aliphatic rings. The van der Waals surface area contributed by atoms with Gasteiger partial charge in [0.2, 0.25) is 5.91 Å². The van der Waals surface area contributed by atoms with Gasteiger partial charge >= 0.3 is 0 Å². The van der Waals surface area contributed by atoms with Crippen molar-refractivity contribution in [2.75, 3.05) is 40.9 Å². The number of nitrogens with zero attached hydrogens (tertiary/aromatic N) is 1. The van der Waals surface area contributed by atoms with Crippen LogP contribution in [0.5, 0.6) is 0 Å². The second kappa shape index (κ2) is 51.6. The van der Waals surface area contributed by atoms with Gasteiger partial charge in [-0.1, -0.05) is 275 Å². The summed E-state index contributed by atoms with van der Waals surface area (Å²) in [7, 11) is 1.24. The minimum atomic E-state index is -4.61. The molecule has 0 aromatic heterocycles. The van der Waals surface area contributed by atoms with Crippen LogP contribution in [-0.2, 0) is 18.4 Å². The lowest BCUT2D eigenvalue weighted by Gasteiger charge is -2.29. The van der Waals surface area contributed by atoms with E-state index in [2.05, 4.69) is 43.5 Å². The Hall–Kier alpha value is -1.28. The van der Waals surface area contributed by atoms with Crippen LogP contribution >= 0.6 is 7.82 Å².